The molecule has 3 heteroatoms. The lowest BCUT2D eigenvalue weighted by molar-refractivity contribution is -0.119. The maximum Gasteiger partial charge on any atom is 0.178 e. The summed E-state index contributed by atoms with van der Waals surface area (Å²) in [7, 11) is 0. The second-order valence-electron chi connectivity index (χ2n) is 4.22. The molecule has 0 saturated carbocycles. The lowest BCUT2D eigenvalue weighted by atomic mass is 10.1. The van der Waals surface area contributed by atoms with Crippen LogP contribution in [0.15, 0.2) is 24.3 Å². The van der Waals surface area contributed by atoms with E-state index in [0.717, 1.165) is 38.5 Å². The molecule has 0 amide bonds. The van der Waals surface area contributed by atoms with Gasteiger partial charge in [-0.3, -0.25) is 14.4 Å². The average molecular weight is 250 g/mol. The molecule has 0 N–H and O–H groups in total. The maximum atomic E-state index is 11.0. The predicted octanol–water partition coefficient (Wildman–Crippen LogP) is 3.19. The first-order valence-electron chi connectivity index (χ1n) is 6.56. The first kappa shape index (κ1) is 16.5. The molecule has 18 heavy (non-hydrogen) atoms. The van der Waals surface area contributed by atoms with Crippen molar-refractivity contribution in [2.75, 3.05) is 0 Å². The minimum Gasteiger partial charge on any atom is -0.300 e. The summed E-state index contributed by atoms with van der Waals surface area (Å²) in [5.41, 5.74) is 0. The molecule has 0 bridgehead atoms. The molecule has 0 aromatic rings. The number of ketones is 3. The fourth-order valence-electron chi connectivity index (χ4n) is 1.31. The highest BCUT2D eigenvalue weighted by atomic mass is 16.1. The van der Waals surface area contributed by atoms with Gasteiger partial charge in [0.05, 0.1) is 0 Å². The number of hydrogen-bond acceptors (Lipinski definition) is 3. The van der Waals surface area contributed by atoms with Gasteiger partial charge >= 0.3 is 0 Å². The van der Waals surface area contributed by atoms with E-state index in [9.17, 15) is 14.4 Å². The summed E-state index contributed by atoms with van der Waals surface area (Å²) in [6.07, 6.45) is 11.0. The SMILES string of the molecule is CCCCC(=O)CCCC.O=C1C=CC(=O)C=C1. The fraction of sp³-hybridized carbons (Fsp3) is 0.533. The first-order valence-corrected chi connectivity index (χ1v) is 6.56. The number of allylic oxidation sites excluding steroid dienone is 4. The molecule has 0 fully saturated rings. The zero-order valence-corrected chi connectivity index (χ0v) is 11.3. The van der Waals surface area contributed by atoms with Crippen molar-refractivity contribution >= 4 is 17.3 Å². The van der Waals surface area contributed by atoms with E-state index in [0.29, 0.717) is 5.78 Å². The molecule has 0 aliphatic heterocycles. The summed E-state index contributed by atoms with van der Waals surface area (Å²) in [5, 5.41) is 0. The van der Waals surface area contributed by atoms with E-state index in [1.54, 1.807) is 0 Å². The molecule has 0 unspecified atom stereocenters. The van der Waals surface area contributed by atoms with E-state index in [1.807, 2.05) is 0 Å². The Bertz CT molecular complexity index is 290. The smallest absolute Gasteiger partial charge is 0.178 e. The topological polar surface area (TPSA) is 51.2 Å². The summed E-state index contributed by atoms with van der Waals surface area (Å²) in [6.45, 7) is 4.24. The third-order valence-electron chi connectivity index (χ3n) is 2.44. The lowest BCUT2D eigenvalue weighted by Crippen LogP contribution is -1.97. The van der Waals surface area contributed by atoms with Crippen LogP contribution >= 0.6 is 0 Å². The molecule has 0 atom stereocenters. The highest BCUT2D eigenvalue weighted by molar-refractivity contribution is 6.14. The van der Waals surface area contributed by atoms with E-state index >= 15 is 0 Å². The van der Waals surface area contributed by atoms with Crippen LogP contribution in [0.25, 0.3) is 0 Å². The van der Waals surface area contributed by atoms with Crippen molar-refractivity contribution < 1.29 is 14.4 Å². The van der Waals surface area contributed by atoms with Gasteiger partial charge in [-0.15, -0.1) is 0 Å². The van der Waals surface area contributed by atoms with Gasteiger partial charge in [-0.05, 0) is 37.1 Å². The van der Waals surface area contributed by atoms with Gasteiger partial charge in [0.1, 0.15) is 5.78 Å². The van der Waals surface area contributed by atoms with Crippen molar-refractivity contribution in [3.05, 3.63) is 24.3 Å². The zero-order chi connectivity index (χ0) is 13.8. The van der Waals surface area contributed by atoms with Crippen molar-refractivity contribution in [2.24, 2.45) is 0 Å². The van der Waals surface area contributed by atoms with E-state index in [1.165, 1.54) is 24.3 Å². The highest BCUT2D eigenvalue weighted by Crippen LogP contribution is 2.02. The zero-order valence-electron chi connectivity index (χ0n) is 11.3. The third kappa shape index (κ3) is 9.70. The van der Waals surface area contributed by atoms with Crippen LogP contribution in [-0.4, -0.2) is 17.3 Å². The van der Waals surface area contributed by atoms with E-state index < -0.39 is 0 Å². The molecule has 0 saturated heterocycles. The molecular formula is C15H22O3. The summed E-state index contributed by atoms with van der Waals surface area (Å²) in [6, 6.07) is 0. The lowest BCUT2D eigenvalue weighted by Gasteiger charge is -1.96. The Balaban J connectivity index is 0.000000327. The summed E-state index contributed by atoms with van der Waals surface area (Å²) in [5.74, 6) is 0.206. The van der Waals surface area contributed by atoms with Crippen molar-refractivity contribution in [3.8, 4) is 0 Å². The van der Waals surface area contributed by atoms with Gasteiger partial charge in [-0.25, -0.2) is 0 Å². The van der Waals surface area contributed by atoms with Gasteiger partial charge in [0, 0.05) is 12.8 Å². The van der Waals surface area contributed by atoms with Crippen molar-refractivity contribution in [1.29, 1.82) is 0 Å². The largest absolute Gasteiger partial charge is 0.300 e. The summed E-state index contributed by atoms with van der Waals surface area (Å²) >= 11 is 0. The standard InChI is InChI=1S/C9H18O.C6H4O2/c1-3-5-7-9(10)8-6-4-2;7-5-1-2-6(8)4-3-5/h3-8H2,1-2H3;1-4H. The average Bonchev–Trinajstić information content (AvgIpc) is 2.38. The van der Waals surface area contributed by atoms with Gasteiger partial charge in [0.15, 0.2) is 11.6 Å². The van der Waals surface area contributed by atoms with Crippen LogP contribution in [0.4, 0.5) is 0 Å². The molecule has 0 heterocycles. The van der Waals surface area contributed by atoms with E-state index in [2.05, 4.69) is 13.8 Å². The van der Waals surface area contributed by atoms with Gasteiger partial charge in [-0.2, -0.15) is 0 Å². The summed E-state index contributed by atoms with van der Waals surface area (Å²) < 4.78 is 0. The minimum atomic E-state index is -0.121. The third-order valence-corrected chi connectivity index (χ3v) is 2.44. The van der Waals surface area contributed by atoms with Crippen molar-refractivity contribution in [3.63, 3.8) is 0 Å². The fourth-order valence-corrected chi connectivity index (χ4v) is 1.31. The van der Waals surface area contributed by atoms with Gasteiger partial charge in [-0.1, -0.05) is 26.7 Å². The Hall–Kier alpha value is -1.51. The molecule has 100 valence electrons. The molecule has 1 aliphatic rings. The second-order valence-corrected chi connectivity index (χ2v) is 4.22. The van der Waals surface area contributed by atoms with Gasteiger partial charge < -0.3 is 0 Å². The van der Waals surface area contributed by atoms with Crippen LogP contribution in [0.3, 0.4) is 0 Å². The van der Waals surface area contributed by atoms with Gasteiger partial charge in [0.2, 0.25) is 0 Å². The Labute approximate surface area is 109 Å². The van der Waals surface area contributed by atoms with E-state index in [-0.39, 0.29) is 11.6 Å². The predicted molar refractivity (Wildman–Crippen MR) is 72.4 cm³/mol. The van der Waals surface area contributed by atoms with Crippen LogP contribution in [0.5, 0.6) is 0 Å². The Morgan fingerprint density at radius 3 is 1.44 bits per heavy atom. The molecule has 1 rings (SSSR count). The number of carbonyl (C=O) groups is 3. The number of rotatable bonds is 6. The maximum absolute atomic E-state index is 11.0. The normalized spacial score (nSPS) is 13.2. The molecular weight excluding hydrogens is 228 g/mol. The molecule has 0 aromatic heterocycles. The Kier molecular flexibility index (Phi) is 9.74. The second kappa shape index (κ2) is 10.6. The summed E-state index contributed by atoms with van der Waals surface area (Å²) in [4.78, 5) is 31.5. The number of carbonyl (C=O) groups excluding carboxylic acids is 3. The quantitative estimate of drug-likeness (QED) is 0.680. The number of hydrogen-bond donors (Lipinski definition) is 0. The molecule has 1 aliphatic carbocycles. The highest BCUT2D eigenvalue weighted by Gasteiger charge is 1.98. The first-order chi connectivity index (χ1) is 8.60. The van der Waals surface area contributed by atoms with Crippen LogP contribution in [0, 0.1) is 0 Å². The van der Waals surface area contributed by atoms with Crippen LogP contribution in [0.1, 0.15) is 52.4 Å². The Morgan fingerprint density at radius 1 is 0.833 bits per heavy atom. The number of unbranched alkanes of at least 4 members (excludes halogenated alkanes) is 2. The Morgan fingerprint density at radius 2 is 1.17 bits per heavy atom. The monoisotopic (exact) mass is 250 g/mol. The molecule has 0 aromatic carbocycles. The van der Waals surface area contributed by atoms with Crippen molar-refractivity contribution in [2.45, 2.75) is 52.4 Å². The van der Waals surface area contributed by atoms with Crippen molar-refractivity contribution in [1.82, 2.24) is 0 Å². The van der Waals surface area contributed by atoms with Crippen LogP contribution < -0.4 is 0 Å². The minimum absolute atomic E-state index is 0.121. The molecule has 0 radical (unpaired) electrons. The number of Topliss-reactive ketones (excluding diaryl/α,β-unsaturated/α-hetero) is 1. The van der Waals surface area contributed by atoms with E-state index in [4.69, 9.17) is 0 Å². The molecule has 3 nitrogen and oxygen atoms in total. The molecule has 0 spiro atoms. The van der Waals surface area contributed by atoms with Crippen LogP contribution in [0.2, 0.25) is 0 Å². The van der Waals surface area contributed by atoms with Crippen LogP contribution in [-0.2, 0) is 14.4 Å². The van der Waals surface area contributed by atoms with Gasteiger partial charge in [0.25, 0.3) is 0 Å².